The first-order valence-electron chi connectivity index (χ1n) is 7.02. The zero-order valence-corrected chi connectivity index (χ0v) is 16.5. The van der Waals surface area contributed by atoms with Gasteiger partial charge in [0, 0.05) is 24.6 Å². The van der Waals surface area contributed by atoms with Gasteiger partial charge >= 0.3 is 0 Å². The van der Waals surface area contributed by atoms with Crippen molar-refractivity contribution in [3.05, 3.63) is 16.1 Å². The molecule has 0 N–H and O–H groups in total. The molecule has 0 fully saturated rings. The molecule has 20 heavy (non-hydrogen) atoms. The Morgan fingerprint density at radius 3 is 2.45 bits per heavy atom. The van der Waals surface area contributed by atoms with E-state index in [0.717, 1.165) is 23.7 Å². The van der Waals surface area contributed by atoms with E-state index in [1.807, 2.05) is 18.7 Å². The van der Waals surface area contributed by atoms with Gasteiger partial charge in [-0.2, -0.15) is 0 Å². The number of aromatic nitrogens is 1. The van der Waals surface area contributed by atoms with Crippen molar-refractivity contribution in [3.63, 3.8) is 0 Å². The Balaban J connectivity index is 2.50. The first kappa shape index (κ1) is 18.1. The van der Waals surface area contributed by atoms with Gasteiger partial charge in [-0.25, -0.2) is 4.98 Å². The molecule has 1 heterocycles. The molecule has 0 spiro atoms. The lowest BCUT2D eigenvalue weighted by Crippen LogP contribution is -2.41. The molecule has 6 heteroatoms. The Labute approximate surface area is 128 Å². The number of hydrogen-bond acceptors (Lipinski definition) is 4. The maximum absolute atomic E-state index is 11.8. The van der Waals surface area contributed by atoms with Gasteiger partial charge in [0.15, 0.2) is 8.32 Å². The molecule has 116 valence electrons. The summed E-state index contributed by atoms with van der Waals surface area (Å²) in [5.74, 6) is 0. The summed E-state index contributed by atoms with van der Waals surface area (Å²) in [5.41, 5.74) is 0.964. The van der Waals surface area contributed by atoms with E-state index in [1.54, 1.807) is 11.3 Å². The highest BCUT2D eigenvalue weighted by molar-refractivity contribution is 7.61. The highest BCUT2D eigenvalue weighted by Gasteiger charge is 2.36. The minimum Gasteiger partial charge on any atom is -0.416 e. The van der Waals surface area contributed by atoms with Crippen LogP contribution in [0.3, 0.4) is 0 Å². The molecule has 0 unspecified atom stereocenters. The normalized spacial score (nSPS) is 13.8. The van der Waals surface area contributed by atoms with Crippen molar-refractivity contribution in [1.29, 1.82) is 0 Å². The molecular formula is C14H28NO2PSSi. The van der Waals surface area contributed by atoms with E-state index in [-0.39, 0.29) is 5.04 Å². The molecule has 0 aliphatic heterocycles. The molecule has 1 aromatic heterocycles. The van der Waals surface area contributed by atoms with Gasteiger partial charge < -0.3 is 8.99 Å². The fraction of sp³-hybridized carbons (Fsp3) is 0.786. The molecule has 0 radical (unpaired) electrons. The predicted molar refractivity (Wildman–Crippen MR) is 92.1 cm³/mol. The second-order valence-electron chi connectivity index (χ2n) is 7.32. The SMILES string of the molecule is CC(C)(C)[Si](C)(C)OCCc1nc(CP(C)(C)=O)cs1. The molecule has 0 amide bonds. The largest absolute Gasteiger partial charge is 0.416 e. The third kappa shape index (κ3) is 5.80. The van der Waals surface area contributed by atoms with Crippen molar-refractivity contribution >= 4 is 26.8 Å². The summed E-state index contributed by atoms with van der Waals surface area (Å²) in [6.45, 7) is 15.6. The number of hydrogen-bond donors (Lipinski definition) is 0. The lowest BCUT2D eigenvalue weighted by atomic mass is 10.2. The highest BCUT2D eigenvalue weighted by atomic mass is 32.1. The lowest BCUT2D eigenvalue weighted by molar-refractivity contribution is 0.292. The topological polar surface area (TPSA) is 39.2 Å². The van der Waals surface area contributed by atoms with Crippen LogP contribution in [0.2, 0.25) is 18.1 Å². The molecule has 0 aliphatic carbocycles. The second kappa shape index (κ2) is 6.43. The van der Waals surface area contributed by atoms with E-state index in [0.29, 0.717) is 6.16 Å². The van der Waals surface area contributed by atoms with Gasteiger partial charge in [0.1, 0.15) is 0 Å². The quantitative estimate of drug-likeness (QED) is 0.553. The van der Waals surface area contributed by atoms with E-state index < -0.39 is 15.5 Å². The summed E-state index contributed by atoms with van der Waals surface area (Å²) in [5, 5.41) is 3.37. The number of nitrogens with zero attached hydrogens (tertiary/aromatic N) is 1. The van der Waals surface area contributed by atoms with Crippen molar-refractivity contribution < 1.29 is 8.99 Å². The zero-order valence-electron chi connectivity index (χ0n) is 13.8. The van der Waals surface area contributed by atoms with Gasteiger partial charge in [0.05, 0.1) is 17.8 Å². The fourth-order valence-corrected chi connectivity index (χ4v) is 4.43. The molecule has 0 saturated carbocycles. The van der Waals surface area contributed by atoms with Crippen molar-refractivity contribution in [2.24, 2.45) is 0 Å². The Hall–Kier alpha value is 0.0369. The summed E-state index contributed by atoms with van der Waals surface area (Å²) in [6, 6.07) is 0. The van der Waals surface area contributed by atoms with Gasteiger partial charge in [0.25, 0.3) is 0 Å². The summed E-state index contributed by atoms with van der Waals surface area (Å²) in [4.78, 5) is 4.56. The maximum Gasteiger partial charge on any atom is 0.191 e. The van der Waals surface area contributed by atoms with Gasteiger partial charge in [-0.3, -0.25) is 0 Å². The smallest absolute Gasteiger partial charge is 0.191 e. The average molecular weight is 334 g/mol. The number of rotatable bonds is 6. The zero-order chi connectivity index (χ0) is 15.6. The van der Waals surface area contributed by atoms with E-state index in [9.17, 15) is 4.57 Å². The molecule has 1 aromatic rings. The van der Waals surface area contributed by atoms with Crippen molar-refractivity contribution in [1.82, 2.24) is 4.98 Å². The third-order valence-electron chi connectivity index (χ3n) is 3.73. The van der Waals surface area contributed by atoms with Crippen LogP contribution in [0.25, 0.3) is 0 Å². The molecule has 3 nitrogen and oxygen atoms in total. The molecule has 0 aliphatic rings. The molecular weight excluding hydrogens is 305 g/mol. The maximum atomic E-state index is 11.8. The van der Waals surface area contributed by atoms with E-state index in [1.165, 1.54) is 0 Å². The van der Waals surface area contributed by atoms with E-state index in [4.69, 9.17) is 4.43 Å². The van der Waals surface area contributed by atoms with Crippen LogP contribution >= 0.6 is 18.5 Å². The molecule has 0 bridgehead atoms. The van der Waals surface area contributed by atoms with Gasteiger partial charge in [-0.1, -0.05) is 20.8 Å². The van der Waals surface area contributed by atoms with E-state index >= 15 is 0 Å². The molecule has 0 aromatic carbocycles. The Kier molecular flexibility index (Phi) is 5.81. The van der Waals surface area contributed by atoms with Crippen LogP contribution in [0.4, 0.5) is 0 Å². The standard InChI is InChI=1S/C14H28NO2PSSi/c1-14(2,3)20(6,7)17-9-8-13-15-12(11-19-13)10-18(4,5)16/h11H,8-10H2,1-7H3. The Morgan fingerprint density at radius 1 is 1.35 bits per heavy atom. The van der Waals surface area contributed by atoms with Gasteiger partial charge in [0.2, 0.25) is 0 Å². The average Bonchev–Trinajstić information content (AvgIpc) is 2.60. The summed E-state index contributed by atoms with van der Waals surface area (Å²) < 4.78 is 18.0. The van der Waals surface area contributed by atoms with Crippen LogP contribution < -0.4 is 0 Å². The molecule has 1 rings (SSSR count). The third-order valence-corrected chi connectivity index (χ3v) is 10.3. The minimum absolute atomic E-state index is 0.248. The van der Waals surface area contributed by atoms with Crippen LogP contribution in [-0.4, -0.2) is 33.2 Å². The molecule has 0 atom stereocenters. The van der Waals surface area contributed by atoms with Crippen LogP contribution in [-0.2, 0) is 21.6 Å². The summed E-state index contributed by atoms with van der Waals surface area (Å²) in [6.07, 6.45) is 1.46. The van der Waals surface area contributed by atoms with Gasteiger partial charge in [-0.05, 0) is 31.5 Å². The van der Waals surface area contributed by atoms with Crippen LogP contribution in [0.1, 0.15) is 31.5 Å². The van der Waals surface area contributed by atoms with Gasteiger partial charge in [-0.15, -0.1) is 11.3 Å². The monoisotopic (exact) mass is 333 g/mol. The predicted octanol–water partition coefficient (Wildman–Crippen LogP) is 4.83. The Morgan fingerprint density at radius 2 is 1.95 bits per heavy atom. The first-order chi connectivity index (χ1) is 8.91. The number of thiazole rings is 1. The lowest BCUT2D eigenvalue weighted by Gasteiger charge is -2.36. The summed E-state index contributed by atoms with van der Waals surface area (Å²) in [7, 11) is -3.69. The second-order valence-corrected chi connectivity index (χ2v) is 16.5. The molecule has 0 saturated heterocycles. The minimum atomic E-state index is -2.03. The van der Waals surface area contributed by atoms with Crippen LogP contribution in [0.15, 0.2) is 5.38 Å². The van der Waals surface area contributed by atoms with Crippen molar-refractivity contribution in [3.8, 4) is 0 Å². The summed E-state index contributed by atoms with van der Waals surface area (Å²) >= 11 is 1.65. The van der Waals surface area contributed by atoms with Crippen molar-refractivity contribution in [2.45, 2.75) is 51.5 Å². The highest BCUT2D eigenvalue weighted by Crippen LogP contribution is 2.40. The van der Waals surface area contributed by atoms with Crippen LogP contribution in [0.5, 0.6) is 0 Å². The fourth-order valence-electron chi connectivity index (χ4n) is 1.54. The van der Waals surface area contributed by atoms with Crippen LogP contribution in [0, 0.1) is 0 Å². The van der Waals surface area contributed by atoms with Crippen molar-refractivity contribution in [2.75, 3.05) is 19.9 Å². The first-order valence-corrected chi connectivity index (χ1v) is 13.6. The Bertz CT molecular complexity index is 488. The van der Waals surface area contributed by atoms with E-state index in [2.05, 4.69) is 38.8 Å².